The Morgan fingerprint density at radius 2 is 1.68 bits per heavy atom. The number of nitrogens with one attached hydrogen (secondary N) is 2. The van der Waals surface area contributed by atoms with Gasteiger partial charge in [0.05, 0.1) is 18.2 Å². The Hall–Kier alpha value is -3.20. The number of rotatable bonds is 4. The molecule has 5 nitrogen and oxygen atoms in total. The van der Waals surface area contributed by atoms with Crippen molar-refractivity contribution in [3.8, 4) is 6.07 Å². The van der Waals surface area contributed by atoms with E-state index in [2.05, 4.69) is 10.6 Å². The Balaban J connectivity index is 1.85. The number of carbonyl (C=O) groups excluding carboxylic acids is 2. The summed E-state index contributed by atoms with van der Waals surface area (Å²) < 4.78 is 12.7. The molecular weight excluding hydrogens is 285 g/mol. The lowest BCUT2D eigenvalue weighted by Gasteiger charge is -2.07. The number of hydrogen-bond acceptors (Lipinski definition) is 3. The number of benzene rings is 2. The summed E-state index contributed by atoms with van der Waals surface area (Å²) >= 11 is 0. The lowest BCUT2D eigenvalue weighted by Crippen LogP contribution is -2.32. The van der Waals surface area contributed by atoms with Crippen LogP contribution >= 0.6 is 0 Å². The molecule has 2 amide bonds. The molecule has 0 saturated carbocycles. The third kappa shape index (κ3) is 4.15. The maximum atomic E-state index is 12.7. The van der Waals surface area contributed by atoms with Gasteiger partial charge in [-0.1, -0.05) is 0 Å². The third-order valence-electron chi connectivity index (χ3n) is 2.81. The average Bonchev–Trinajstić information content (AvgIpc) is 2.54. The molecule has 2 N–H and O–H groups in total. The van der Waals surface area contributed by atoms with Crippen LogP contribution in [0.4, 0.5) is 10.1 Å². The van der Waals surface area contributed by atoms with E-state index in [4.69, 9.17) is 5.26 Å². The van der Waals surface area contributed by atoms with Gasteiger partial charge in [-0.2, -0.15) is 5.26 Å². The molecule has 2 aromatic rings. The third-order valence-corrected chi connectivity index (χ3v) is 2.81. The summed E-state index contributed by atoms with van der Waals surface area (Å²) in [7, 11) is 0. The summed E-state index contributed by atoms with van der Waals surface area (Å²) in [5.41, 5.74) is 1.29. The minimum Gasteiger partial charge on any atom is -0.343 e. The van der Waals surface area contributed by atoms with Crippen LogP contribution in [-0.4, -0.2) is 18.4 Å². The Labute approximate surface area is 126 Å². The second-order valence-corrected chi connectivity index (χ2v) is 4.43. The van der Waals surface area contributed by atoms with Crippen molar-refractivity contribution in [2.75, 3.05) is 11.9 Å². The van der Waals surface area contributed by atoms with Gasteiger partial charge in [-0.25, -0.2) is 4.39 Å². The fraction of sp³-hybridized carbons (Fsp3) is 0.0625. The highest BCUT2D eigenvalue weighted by Crippen LogP contribution is 2.08. The van der Waals surface area contributed by atoms with Crippen molar-refractivity contribution in [1.82, 2.24) is 5.32 Å². The Morgan fingerprint density at radius 3 is 2.27 bits per heavy atom. The van der Waals surface area contributed by atoms with Crippen molar-refractivity contribution in [3.63, 3.8) is 0 Å². The number of nitriles is 1. The molecule has 2 rings (SSSR count). The molecule has 0 atom stereocenters. The Morgan fingerprint density at radius 1 is 1.05 bits per heavy atom. The minimum atomic E-state index is -0.463. The van der Waals surface area contributed by atoms with Gasteiger partial charge >= 0.3 is 0 Å². The highest BCUT2D eigenvalue weighted by molar-refractivity contribution is 5.99. The predicted octanol–water partition coefficient (Wildman–Crippen LogP) is 2.07. The van der Waals surface area contributed by atoms with E-state index in [0.29, 0.717) is 11.3 Å². The molecular formula is C16H12FN3O2. The van der Waals surface area contributed by atoms with Crippen LogP contribution in [0.5, 0.6) is 0 Å². The molecule has 2 aromatic carbocycles. The molecule has 0 saturated heterocycles. The molecule has 0 heterocycles. The zero-order chi connectivity index (χ0) is 15.9. The van der Waals surface area contributed by atoms with E-state index >= 15 is 0 Å². The van der Waals surface area contributed by atoms with E-state index in [-0.39, 0.29) is 12.1 Å². The summed E-state index contributed by atoms with van der Waals surface area (Å²) in [4.78, 5) is 23.5. The molecule has 6 heteroatoms. The number of amides is 2. The van der Waals surface area contributed by atoms with Crippen LogP contribution in [0, 0.1) is 17.1 Å². The van der Waals surface area contributed by atoms with E-state index in [1.54, 1.807) is 24.3 Å². The standard InChI is InChI=1S/C16H12FN3O2/c17-13-5-3-12(4-6-13)16(22)19-10-15(21)20-14-7-1-11(9-18)2-8-14/h1-8H,10H2,(H,19,22)(H,20,21). The number of nitrogens with zero attached hydrogens (tertiary/aromatic N) is 1. The smallest absolute Gasteiger partial charge is 0.251 e. The van der Waals surface area contributed by atoms with Crippen molar-refractivity contribution >= 4 is 17.5 Å². The normalized spacial score (nSPS) is 9.64. The molecule has 0 radical (unpaired) electrons. The molecule has 0 aliphatic heterocycles. The number of anilines is 1. The molecule has 0 aliphatic carbocycles. The van der Waals surface area contributed by atoms with Crippen molar-refractivity contribution in [2.24, 2.45) is 0 Å². The van der Waals surface area contributed by atoms with Gasteiger partial charge < -0.3 is 10.6 Å². The first-order chi connectivity index (χ1) is 10.6. The molecule has 0 unspecified atom stereocenters. The van der Waals surface area contributed by atoms with Gasteiger partial charge in [0, 0.05) is 11.3 Å². The summed E-state index contributed by atoms with van der Waals surface area (Å²) in [6.07, 6.45) is 0. The van der Waals surface area contributed by atoms with Crippen LogP contribution in [0.2, 0.25) is 0 Å². The largest absolute Gasteiger partial charge is 0.343 e. The second-order valence-electron chi connectivity index (χ2n) is 4.43. The SMILES string of the molecule is N#Cc1ccc(NC(=O)CNC(=O)c2ccc(F)cc2)cc1. The van der Waals surface area contributed by atoms with Crippen LogP contribution in [0.15, 0.2) is 48.5 Å². The average molecular weight is 297 g/mol. The zero-order valence-corrected chi connectivity index (χ0v) is 11.5. The zero-order valence-electron chi connectivity index (χ0n) is 11.5. The molecule has 110 valence electrons. The Kier molecular flexibility index (Phi) is 4.83. The van der Waals surface area contributed by atoms with Gasteiger partial charge in [-0.05, 0) is 48.5 Å². The van der Waals surface area contributed by atoms with Gasteiger partial charge in [0.2, 0.25) is 5.91 Å². The van der Waals surface area contributed by atoms with Crippen LogP contribution < -0.4 is 10.6 Å². The van der Waals surface area contributed by atoms with Crippen LogP contribution in [0.3, 0.4) is 0 Å². The minimum absolute atomic E-state index is 0.212. The second kappa shape index (κ2) is 6.99. The quantitative estimate of drug-likeness (QED) is 0.906. The summed E-state index contributed by atoms with van der Waals surface area (Å²) in [5.74, 6) is -1.30. The van der Waals surface area contributed by atoms with Crippen molar-refractivity contribution in [3.05, 3.63) is 65.5 Å². The first-order valence-corrected chi connectivity index (χ1v) is 6.42. The van der Waals surface area contributed by atoms with Crippen LogP contribution in [0.1, 0.15) is 15.9 Å². The van der Waals surface area contributed by atoms with E-state index in [9.17, 15) is 14.0 Å². The topological polar surface area (TPSA) is 82.0 Å². The summed E-state index contributed by atoms with van der Waals surface area (Å²) in [6, 6.07) is 13.3. The van der Waals surface area contributed by atoms with Crippen molar-refractivity contribution < 1.29 is 14.0 Å². The monoisotopic (exact) mass is 297 g/mol. The molecule has 0 aromatic heterocycles. The molecule has 22 heavy (non-hydrogen) atoms. The number of halogens is 1. The fourth-order valence-corrected chi connectivity index (χ4v) is 1.70. The Bertz CT molecular complexity index is 719. The lowest BCUT2D eigenvalue weighted by molar-refractivity contribution is -0.115. The van der Waals surface area contributed by atoms with Crippen LogP contribution in [-0.2, 0) is 4.79 Å². The van der Waals surface area contributed by atoms with E-state index < -0.39 is 17.6 Å². The van der Waals surface area contributed by atoms with Gasteiger partial charge in [-0.15, -0.1) is 0 Å². The number of carbonyl (C=O) groups is 2. The predicted molar refractivity (Wildman–Crippen MR) is 78.5 cm³/mol. The highest BCUT2D eigenvalue weighted by Gasteiger charge is 2.08. The highest BCUT2D eigenvalue weighted by atomic mass is 19.1. The maximum Gasteiger partial charge on any atom is 0.251 e. The van der Waals surface area contributed by atoms with Gasteiger partial charge in [0.25, 0.3) is 5.91 Å². The molecule has 0 fully saturated rings. The van der Waals surface area contributed by atoms with E-state index in [1.165, 1.54) is 24.3 Å². The first kappa shape index (κ1) is 15.2. The fourth-order valence-electron chi connectivity index (χ4n) is 1.70. The van der Waals surface area contributed by atoms with Gasteiger partial charge in [0.15, 0.2) is 0 Å². The molecule has 0 spiro atoms. The summed E-state index contributed by atoms with van der Waals surface area (Å²) in [5, 5.41) is 13.7. The molecule has 0 aliphatic rings. The molecule has 0 bridgehead atoms. The summed E-state index contributed by atoms with van der Waals surface area (Å²) in [6.45, 7) is -0.212. The lowest BCUT2D eigenvalue weighted by atomic mass is 10.2. The van der Waals surface area contributed by atoms with Gasteiger partial charge in [-0.3, -0.25) is 9.59 Å². The number of hydrogen-bond donors (Lipinski definition) is 2. The van der Waals surface area contributed by atoms with Crippen molar-refractivity contribution in [1.29, 1.82) is 5.26 Å². The van der Waals surface area contributed by atoms with Crippen molar-refractivity contribution in [2.45, 2.75) is 0 Å². The maximum absolute atomic E-state index is 12.7. The first-order valence-electron chi connectivity index (χ1n) is 6.42. The van der Waals surface area contributed by atoms with Gasteiger partial charge in [0.1, 0.15) is 5.82 Å². The van der Waals surface area contributed by atoms with E-state index in [1.807, 2.05) is 6.07 Å². The van der Waals surface area contributed by atoms with Crippen LogP contribution in [0.25, 0.3) is 0 Å². The van der Waals surface area contributed by atoms with E-state index in [0.717, 1.165) is 0 Å².